The molecule has 27 heavy (non-hydrogen) atoms. The summed E-state index contributed by atoms with van der Waals surface area (Å²) in [7, 11) is 0. The van der Waals surface area contributed by atoms with Crippen molar-refractivity contribution in [2.24, 2.45) is 5.92 Å². The first-order valence-corrected chi connectivity index (χ1v) is 10.2. The third-order valence-corrected chi connectivity index (χ3v) is 6.08. The molecule has 1 aromatic carbocycles. The number of hydrogen-bond donors (Lipinski definition) is 2. The minimum absolute atomic E-state index is 0.00972. The number of ether oxygens (including phenoxy) is 1. The lowest BCUT2D eigenvalue weighted by Gasteiger charge is -2.35. The maximum Gasteiger partial charge on any atom is 0.240 e. The zero-order valence-corrected chi connectivity index (χ0v) is 15.8. The van der Waals surface area contributed by atoms with E-state index in [0.717, 1.165) is 45.3 Å². The van der Waals surface area contributed by atoms with Crippen molar-refractivity contribution in [1.29, 1.82) is 0 Å². The van der Waals surface area contributed by atoms with Gasteiger partial charge in [0.15, 0.2) is 0 Å². The van der Waals surface area contributed by atoms with Crippen LogP contribution < -0.4 is 10.6 Å². The highest BCUT2D eigenvalue weighted by Gasteiger charge is 2.32. The van der Waals surface area contributed by atoms with Crippen LogP contribution in [-0.2, 0) is 27.3 Å². The maximum absolute atomic E-state index is 12.9. The van der Waals surface area contributed by atoms with Crippen LogP contribution in [0.3, 0.4) is 0 Å². The molecule has 3 aliphatic heterocycles. The summed E-state index contributed by atoms with van der Waals surface area (Å²) in [6.07, 6.45) is 4.53. The van der Waals surface area contributed by atoms with Gasteiger partial charge in [-0.2, -0.15) is 0 Å². The summed E-state index contributed by atoms with van der Waals surface area (Å²) in [4.78, 5) is 27.2. The first-order valence-electron chi connectivity index (χ1n) is 10.2. The Morgan fingerprint density at radius 1 is 1.15 bits per heavy atom. The average Bonchev–Trinajstić information content (AvgIpc) is 3.25. The molecule has 0 bridgehead atoms. The Bertz CT molecular complexity index is 679. The van der Waals surface area contributed by atoms with Gasteiger partial charge in [-0.15, -0.1) is 0 Å². The molecule has 2 fully saturated rings. The van der Waals surface area contributed by atoms with E-state index in [2.05, 4.69) is 22.8 Å². The first kappa shape index (κ1) is 18.4. The fourth-order valence-corrected chi connectivity index (χ4v) is 4.38. The van der Waals surface area contributed by atoms with E-state index in [1.807, 2.05) is 17.0 Å². The Balaban J connectivity index is 1.24. The number of nitrogens with one attached hydrogen (secondary N) is 2. The van der Waals surface area contributed by atoms with Crippen LogP contribution in [0.25, 0.3) is 0 Å². The molecule has 2 N–H and O–H groups in total. The van der Waals surface area contributed by atoms with Gasteiger partial charge in [-0.25, -0.2) is 0 Å². The molecule has 6 heteroatoms. The molecule has 0 spiro atoms. The molecule has 2 amide bonds. The Kier molecular flexibility index (Phi) is 5.74. The van der Waals surface area contributed by atoms with Crippen LogP contribution in [0, 0.1) is 5.92 Å². The highest BCUT2D eigenvalue weighted by molar-refractivity contribution is 5.83. The fraction of sp³-hybridized carbons (Fsp3) is 0.619. The van der Waals surface area contributed by atoms with E-state index in [0.29, 0.717) is 19.6 Å². The van der Waals surface area contributed by atoms with Crippen molar-refractivity contribution >= 4 is 11.8 Å². The number of likely N-dealkylation sites (tertiary alicyclic amines) is 1. The summed E-state index contributed by atoms with van der Waals surface area (Å²) in [6.45, 7) is 3.49. The highest BCUT2D eigenvalue weighted by Crippen LogP contribution is 2.22. The van der Waals surface area contributed by atoms with E-state index in [9.17, 15) is 9.59 Å². The molecule has 0 aromatic heterocycles. The molecular weight excluding hydrogens is 342 g/mol. The van der Waals surface area contributed by atoms with E-state index in [4.69, 9.17) is 4.74 Å². The van der Waals surface area contributed by atoms with Crippen molar-refractivity contribution in [1.82, 2.24) is 15.5 Å². The van der Waals surface area contributed by atoms with Crippen LogP contribution in [0.2, 0.25) is 0 Å². The van der Waals surface area contributed by atoms with Crippen molar-refractivity contribution in [2.75, 3.05) is 26.2 Å². The van der Waals surface area contributed by atoms with Crippen LogP contribution in [0.1, 0.15) is 36.8 Å². The number of carbonyl (C=O) groups is 2. The van der Waals surface area contributed by atoms with Gasteiger partial charge in [0.05, 0.1) is 12.1 Å². The zero-order chi connectivity index (χ0) is 18.6. The Morgan fingerprint density at radius 2 is 1.93 bits per heavy atom. The topological polar surface area (TPSA) is 70.7 Å². The Morgan fingerprint density at radius 3 is 2.67 bits per heavy atom. The lowest BCUT2D eigenvalue weighted by molar-refractivity contribution is -0.137. The van der Waals surface area contributed by atoms with Gasteiger partial charge in [-0.05, 0) is 43.2 Å². The van der Waals surface area contributed by atoms with Gasteiger partial charge >= 0.3 is 0 Å². The number of amides is 2. The van der Waals surface area contributed by atoms with Crippen LogP contribution in [0.15, 0.2) is 24.3 Å². The predicted octanol–water partition coefficient (Wildman–Crippen LogP) is 1.23. The van der Waals surface area contributed by atoms with Crippen LogP contribution in [0.4, 0.5) is 0 Å². The lowest BCUT2D eigenvalue weighted by Crippen LogP contribution is -2.52. The summed E-state index contributed by atoms with van der Waals surface area (Å²) in [6, 6.07) is 8.15. The Hall–Kier alpha value is -1.92. The monoisotopic (exact) mass is 371 g/mol. The smallest absolute Gasteiger partial charge is 0.240 e. The number of hydrogen-bond acceptors (Lipinski definition) is 4. The zero-order valence-electron chi connectivity index (χ0n) is 15.8. The second kappa shape index (κ2) is 8.40. The SMILES string of the molecule is O=C(NC[C@H]1CCCO1)C1CCN(C(=O)[C@@H]2Cc3ccccc3CN2)CC1. The molecule has 0 unspecified atom stereocenters. The molecule has 4 rings (SSSR count). The number of fused-ring (bicyclic) bond motifs is 1. The number of rotatable bonds is 4. The molecule has 6 nitrogen and oxygen atoms in total. The van der Waals surface area contributed by atoms with Gasteiger partial charge in [0.2, 0.25) is 11.8 Å². The van der Waals surface area contributed by atoms with Gasteiger partial charge in [0.1, 0.15) is 0 Å². The number of carbonyl (C=O) groups excluding carboxylic acids is 2. The largest absolute Gasteiger partial charge is 0.376 e. The molecule has 0 radical (unpaired) electrons. The van der Waals surface area contributed by atoms with Crippen LogP contribution in [-0.4, -0.2) is 55.1 Å². The van der Waals surface area contributed by atoms with E-state index >= 15 is 0 Å². The fourth-order valence-electron chi connectivity index (χ4n) is 4.38. The van der Waals surface area contributed by atoms with Crippen LogP contribution in [0.5, 0.6) is 0 Å². The van der Waals surface area contributed by atoms with Gasteiger partial charge < -0.3 is 20.3 Å². The normalized spacial score (nSPS) is 25.9. The van der Waals surface area contributed by atoms with Crippen molar-refractivity contribution < 1.29 is 14.3 Å². The third-order valence-electron chi connectivity index (χ3n) is 6.08. The molecule has 0 aliphatic carbocycles. The quantitative estimate of drug-likeness (QED) is 0.835. The second-order valence-electron chi connectivity index (χ2n) is 7.89. The van der Waals surface area contributed by atoms with Crippen molar-refractivity contribution in [2.45, 2.75) is 50.8 Å². The number of piperidine rings is 1. The van der Waals surface area contributed by atoms with Gasteiger partial charge in [-0.1, -0.05) is 24.3 Å². The molecule has 1 aromatic rings. The average molecular weight is 371 g/mol. The molecule has 2 atom stereocenters. The van der Waals surface area contributed by atoms with E-state index in [1.165, 1.54) is 11.1 Å². The van der Waals surface area contributed by atoms with Crippen molar-refractivity contribution in [3.05, 3.63) is 35.4 Å². The molecule has 3 aliphatic rings. The standard InChI is InChI=1S/C21H29N3O3/c25-20(23-14-18-6-3-11-27-18)15-7-9-24(10-8-15)21(26)19-12-16-4-1-2-5-17(16)13-22-19/h1-2,4-5,15,18-19,22H,3,6-14H2,(H,23,25)/t18-,19+/m1/s1. The third kappa shape index (κ3) is 4.33. The van der Waals surface area contributed by atoms with E-state index in [-0.39, 0.29) is 29.9 Å². The summed E-state index contributed by atoms with van der Waals surface area (Å²) < 4.78 is 5.56. The number of benzene rings is 1. The summed E-state index contributed by atoms with van der Waals surface area (Å²) in [5, 5.41) is 6.41. The molecule has 3 heterocycles. The van der Waals surface area contributed by atoms with E-state index < -0.39 is 0 Å². The molecule has 2 saturated heterocycles. The highest BCUT2D eigenvalue weighted by atomic mass is 16.5. The maximum atomic E-state index is 12.9. The molecular formula is C21H29N3O3. The molecule has 146 valence electrons. The minimum Gasteiger partial charge on any atom is -0.376 e. The van der Waals surface area contributed by atoms with Crippen molar-refractivity contribution in [3.8, 4) is 0 Å². The van der Waals surface area contributed by atoms with E-state index in [1.54, 1.807) is 0 Å². The van der Waals surface area contributed by atoms with Gasteiger partial charge in [0.25, 0.3) is 0 Å². The van der Waals surface area contributed by atoms with Gasteiger partial charge in [0, 0.05) is 38.7 Å². The number of nitrogens with zero attached hydrogens (tertiary/aromatic N) is 1. The summed E-state index contributed by atoms with van der Waals surface area (Å²) in [5.41, 5.74) is 2.54. The van der Waals surface area contributed by atoms with Crippen molar-refractivity contribution in [3.63, 3.8) is 0 Å². The van der Waals surface area contributed by atoms with Gasteiger partial charge in [-0.3, -0.25) is 9.59 Å². The molecule has 0 saturated carbocycles. The minimum atomic E-state index is -0.148. The van der Waals surface area contributed by atoms with Crippen LogP contribution >= 0.6 is 0 Å². The Labute approximate surface area is 160 Å². The predicted molar refractivity (Wildman–Crippen MR) is 102 cm³/mol. The first-order chi connectivity index (χ1) is 13.2. The second-order valence-corrected chi connectivity index (χ2v) is 7.89. The lowest BCUT2D eigenvalue weighted by atomic mass is 9.92. The summed E-state index contributed by atoms with van der Waals surface area (Å²) in [5.74, 6) is 0.292. The summed E-state index contributed by atoms with van der Waals surface area (Å²) >= 11 is 0.